The molecule has 2 atom stereocenters. The molecule has 0 spiro atoms. The maximum absolute atomic E-state index is 13.2. The predicted molar refractivity (Wildman–Crippen MR) is 118 cm³/mol. The number of para-hydroxylation sites is 1. The van der Waals surface area contributed by atoms with Crippen molar-refractivity contribution in [2.75, 3.05) is 13.1 Å². The Morgan fingerprint density at radius 3 is 2.60 bits per heavy atom. The van der Waals surface area contributed by atoms with E-state index >= 15 is 0 Å². The van der Waals surface area contributed by atoms with Crippen molar-refractivity contribution in [1.29, 1.82) is 0 Å². The molecule has 5 nitrogen and oxygen atoms in total. The van der Waals surface area contributed by atoms with Crippen LogP contribution in [0.1, 0.15) is 58.8 Å². The molecule has 2 amide bonds. The Bertz CT molecular complexity index is 1090. The SMILES string of the molecule is Cc1ccc(C(C)C(=O)N2CCCC(c3nc4ccccc4cc3C(N)=O)C2)cc1. The molecule has 4 rings (SSSR count). The number of rotatable bonds is 4. The van der Waals surface area contributed by atoms with Gasteiger partial charge in [0.15, 0.2) is 0 Å². The maximum Gasteiger partial charge on any atom is 0.250 e. The van der Waals surface area contributed by atoms with Gasteiger partial charge in [0.2, 0.25) is 5.91 Å². The molecule has 30 heavy (non-hydrogen) atoms. The summed E-state index contributed by atoms with van der Waals surface area (Å²) in [6.45, 7) is 5.28. The Balaban J connectivity index is 1.61. The second kappa shape index (κ2) is 8.27. The predicted octanol–water partition coefficient (Wildman–Crippen LogP) is 4.15. The average Bonchev–Trinajstić information content (AvgIpc) is 2.77. The number of carbonyl (C=O) groups is 2. The molecule has 3 aromatic rings. The molecular weight excluding hydrogens is 374 g/mol. The Hall–Kier alpha value is -3.21. The molecular formula is C25H27N3O2. The quantitative estimate of drug-likeness (QED) is 0.713. The van der Waals surface area contributed by atoms with Crippen LogP contribution in [-0.2, 0) is 4.79 Å². The van der Waals surface area contributed by atoms with Crippen LogP contribution in [0.25, 0.3) is 10.9 Å². The summed E-state index contributed by atoms with van der Waals surface area (Å²) >= 11 is 0. The second-order valence-corrected chi connectivity index (χ2v) is 8.23. The van der Waals surface area contributed by atoms with Gasteiger partial charge < -0.3 is 10.6 Å². The number of likely N-dealkylation sites (tertiary alicyclic amines) is 1. The van der Waals surface area contributed by atoms with Gasteiger partial charge in [-0.2, -0.15) is 0 Å². The summed E-state index contributed by atoms with van der Waals surface area (Å²) in [5, 5.41) is 0.895. The zero-order valence-corrected chi connectivity index (χ0v) is 17.5. The first-order valence-corrected chi connectivity index (χ1v) is 10.5. The first-order valence-electron chi connectivity index (χ1n) is 10.5. The van der Waals surface area contributed by atoms with Crippen LogP contribution in [0.3, 0.4) is 0 Å². The largest absolute Gasteiger partial charge is 0.366 e. The van der Waals surface area contributed by atoms with Crippen molar-refractivity contribution < 1.29 is 9.59 Å². The Kier molecular flexibility index (Phi) is 5.53. The molecule has 0 bridgehead atoms. The van der Waals surface area contributed by atoms with E-state index in [0.717, 1.165) is 35.9 Å². The molecule has 2 N–H and O–H groups in total. The third-order valence-corrected chi connectivity index (χ3v) is 6.09. The molecule has 1 saturated heterocycles. The van der Waals surface area contributed by atoms with E-state index in [1.807, 2.05) is 73.3 Å². The summed E-state index contributed by atoms with van der Waals surface area (Å²) in [6, 6.07) is 17.7. The van der Waals surface area contributed by atoms with Crippen LogP contribution in [0.4, 0.5) is 0 Å². The first-order chi connectivity index (χ1) is 14.4. The van der Waals surface area contributed by atoms with E-state index < -0.39 is 5.91 Å². The normalized spacial score (nSPS) is 17.7. The van der Waals surface area contributed by atoms with E-state index in [9.17, 15) is 9.59 Å². The molecule has 1 aliphatic rings. The fourth-order valence-corrected chi connectivity index (χ4v) is 4.31. The van der Waals surface area contributed by atoms with Crippen molar-refractivity contribution in [2.24, 2.45) is 5.73 Å². The highest BCUT2D eigenvalue weighted by molar-refractivity contribution is 5.98. The summed E-state index contributed by atoms with van der Waals surface area (Å²) < 4.78 is 0. The van der Waals surface area contributed by atoms with Gasteiger partial charge in [-0.05, 0) is 44.4 Å². The van der Waals surface area contributed by atoms with Gasteiger partial charge in [-0.3, -0.25) is 14.6 Å². The van der Waals surface area contributed by atoms with Gasteiger partial charge in [0.05, 0.1) is 22.7 Å². The third kappa shape index (κ3) is 3.92. The van der Waals surface area contributed by atoms with Gasteiger partial charge in [0.25, 0.3) is 5.91 Å². The number of hydrogen-bond donors (Lipinski definition) is 1. The van der Waals surface area contributed by atoms with Crippen LogP contribution in [0, 0.1) is 6.92 Å². The van der Waals surface area contributed by atoms with Crippen molar-refractivity contribution in [3.8, 4) is 0 Å². The molecule has 5 heteroatoms. The average molecular weight is 402 g/mol. The number of pyridine rings is 1. The minimum atomic E-state index is -0.472. The second-order valence-electron chi connectivity index (χ2n) is 8.23. The van der Waals surface area contributed by atoms with E-state index in [0.29, 0.717) is 17.8 Å². The minimum Gasteiger partial charge on any atom is -0.366 e. The van der Waals surface area contributed by atoms with E-state index in [1.165, 1.54) is 5.56 Å². The zero-order valence-electron chi connectivity index (χ0n) is 17.5. The third-order valence-electron chi connectivity index (χ3n) is 6.09. The Morgan fingerprint density at radius 1 is 1.13 bits per heavy atom. The van der Waals surface area contributed by atoms with Crippen LogP contribution in [0.5, 0.6) is 0 Å². The molecule has 2 aromatic carbocycles. The lowest BCUT2D eigenvalue weighted by atomic mass is 9.89. The van der Waals surface area contributed by atoms with Gasteiger partial charge in [-0.25, -0.2) is 0 Å². The number of aromatic nitrogens is 1. The van der Waals surface area contributed by atoms with Crippen LogP contribution in [-0.4, -0.2) is 34.8 Å². The van der Waals surface area contributed by atoms with Crippen molar-refractivity contribution in [3.63, 3.8) is 0 Å². The fourth-order valence-electron chi connectivity index (χ4n) is 4.31. The number of benzene rings is 2. The molecule has 1 aliphatic heterocycles. The number of nitrogens with two attached hydrogens (primary N) is 1. The smallest absolute Gasteiger partial charge is 0.250 e. The number of amides is 2. The van der Waals surface area contributed by atoms with Gasteiger partial charge in [-0.1, -0.05) is 48.0 Å². The van der Waals surface area contributed by atoms with Gasteiger partial charge in [-0.15, -0.1) is 0 Å². The van der Waals surface area contributed by atoms with Gasteiger partial charge >= 0.3 is 0 Å². The highest BCUT2D eigenvalue weighted by Crippen LogP contribution is 2.31. The van der Waals surface area contributed by atoms with Crippen LogP contribution >= 0.6 is 0 Å². The monoisotopic (exact) mass is 401 g/mol. The standard InChI is InChI=1S/C25H27N3O2/c1-16-9-11-18(12-10-16)17(2)25(30)28-13-5-7-20(15-28)23-21(24(26)29)14-19-6-3-4-8-22(19)27-23/h3-4,6,8-12,14,17,20H,5,7,13,15H2,1-2H3,(H2,26,29). The Labute approximate surface area is 176 Å². The molecule has 2 heterocycles. The van der Waals surface area contributed by atoms with E-state index in [4.69, 9.17) is 10.7 Å². The summed E-state index contributed by atoms with van der Waals surface area (Å²) in [7, 11) is 0. The molecule has 1 fully saturated rings. The minimum absolute atomic E-state index is 0.0000222. The van der Waals surface area contributed by atoms with Gasteiger partial charge in [0.1, 0.15) is 0 Å². The lowest BCUT2D eigenvalue weighted by molar-refractivity contribution is -0.133. The van der Waals surface area contributed by atoms with Crippen molar-refractivity contribution in [2.45, 2.75) is 38.5 Å². The fraction of sp³-hybridized carbons (Fsp3) is 0.320. The number of primary amides is 1. The van der Waals surface area contributed by atoms with Crippen molar-refractivity contribution in [3.05, 3.63) is 77.0 Å². The molecule has 2 unspecified atom stereocenters. The first kappa shape index (κ1) is 20.1. The number of fused-ring (bicyclic) bond motifs is 1. The van der Waals surface area contributed by atoms with Crippen LogP contribution in [0.15, 0.2) is 54.6 Å². The maximum atomic E-state index is 13.2. The summed E-state index contributed by atoms with van der Waals surface area (Å²) in [6.07, 6.45) is 1.76. The van der Waals surface area contributed by atoms with E-state index in [1.54, 1.807) is 0 Å². The summed E-state index contributed by atoms with van der Waals surface area (Å²) in [5.74, 6) is -0.561. The molecule has 0 saturated carbocycles. The number of aryl methyl sites for hydroxylation is 1. The zero-order chi connectivity index (χ0) is 21.3. The van der Waals surface area contributed by atoms with Crippen molar-refractivity contribution >= 4 is 22.7 Å². The number of hydrogen-bond acceptors (Lipinski definition) is 3. The van der Waals surface area contributed by atoms with Gasteiger partial charge in [0, 0.05) is 24.4 Å². The highest BCUT2D eigenvalue weighted by Gasteiger charge is 2.31. The number of piperidine rings is 1. The molecule has 0 radical (unpaired) electrons. The van der Waals surface area contributed by atoms with E-state index in [2.05, 4.69) is 0 Å². The molecule has 154 valence electrons. The molecule has 0 aliphatic carbocycles. The lowest BCUT2D eigenvalue weighted by Gasteiger charge is -2.34. The number of nitrogens with zero attached hydrogens (tertiary/aromatic N) is 2. The summed E-state index contributed by atoms with van der Waals surface area (Å²) in [5.41, 5.74) is 9.89. The van der Waals surface area contributed by atoms with E-state index in [-0.39, 0.29) is 17.7 Å². The summed E-state index contributed by atoms with van der Waals surface area (Å²) in [4.78, 5) is 32.1. The van der Waals surface area contributed by atoms with Crippen LogP contribution < -0.4 is 5.73 Å². The number of carbonyl (C=O) groups excluding carboxylic acids is 2. The highest BCUT2D eigenvalue weighted by atomic mass is 16.2. The lowest BCUT2D eigenvalue weighted by Crippen LogP contribution is -2.41. The van der Waals surface area contributed by atoms with Crippen LogP contribution in [0.2, 0.25) is 0 Å². The topological polar surface area (TPSA) is 76.3 Å². The molecule has 1 aromatic heterocycles. The Morgan fingerprint density at radius 2 is 1.87 bits per heavy atom. The van der Waals surface area contributed by atoms with Crippen molar-refractivity contribution in [1.82, 2.24) is 9.88 Å².